The van der Waals surface area contributed by atoms with Crippen LogP contribution in [-0.4, -0.2) is 4.98 Å². The quantitative estimate of drug-likeness (QED) is 0.700. The van der Waals surface area contributed by atoms with Gasteiger partial charge < -0.3 is 0 Å². The predicted octanol–water partition coefficient (Wildman–Crippen LogP) is 5.25. The largest absolute Gasteiger partial charge is 0.255 e. The highest BCUT2D eigenvalue weighted by Crippen LogP contribution is 2.55. The normalized spacial score (nSPS) is 19.0. The molecular weight excluding hydrogens is 286 g/mol. The molecule has 0 aromatic carbocycles. The van der Waals surface area contributed by atoms with Gasteiger partial charge in [-0.05, 0) is 34.8 Å². The van der Waals surface area contributed by atoms with Gasteiger partial charge in [0.05, 0.1) is 14.2 Å². The van der Waals surface area contributed by atoms with Crippen molar-refractivity contribution in [3.63, 3.8) is 0 Å². The molecule has 86 valence electrons. The van der Waals surface area contributed by atoms with E-state index in [9.17, 15) is 0 Å². The second kappa shape index (κ2) is 5.18. The van der Waals surface area contributed by atoms with E-state index in [0.29, 0.717) is 0 Å². The summed E-state index contributed by atoms with van der Waals surface area (Å²) in [5.74, 6) is 0. The molecule has 1 nitrogen and oxygen atoms in total. The van der Waals surface area contributed by atoms with Crippen LogP contribution in [0.4, 0.5) is 0 Å². The maximum Gasteiger partial charge on any atom is 0.0774 e. The highest BCUT2D eigenvalue weighted by molar-refractivity contribution is 8.35. The lowest BCUT2D eigenvalue weighted by Crippen LogP contribution is -1.84. The van der Waals surface area contributed by atoms with Crippen LogP contribution in [0.1, 0.15) is 11.3 Å². The first-order chi connectivity index (χ1) is 8.33. The van der Waals surface area contributed by atoms with Crippen molar-refractivity contribution in [3.8, 4) is 0 Å². The molecule has 2 aliphatic heterocycles. The number of nitrogens with zero attached hydrogens (tertiary/aromatic N) is 1. The van der Waals surface area contributed by atoms with Crippen molar-refractivity contribution < 1.29 is 0 Å². The molecular formula is C12H9NS4. The molecule has 0 unspecified atom stereocenters. The minimum absolute atomic E-state index is 1.07. The number of hydrogen-bond donors (Lipinski definition) is 0. The van der Waals surface area contributed by atoms with Crippen LogP contribution in [0.15, 0.2) is 43.0 Å². The highest BCUT2D eigenvalue weighted by atomic mass is 32.2. The van der Waals surface area contributed by atoms with E-state index in [2.05, 4.69) is 40.3 Å². The monoisotopic (exact) mass is 295 g/mol. The van der Waals surface area contributed by atoms with Crippen molar-refractivity contribution in [2.75, 3.05) is 0 Å². The average molecular weight is 295 g/mol. The lowest BCUT2D eigenvalue weighted by Gasteiger charge is -2.02. The highest BCUT2D eigenvalue weighted by Gasteiger charge is 2.20. The number of thioether (sulfide) groups is 4. The van der Waals surface area contributed by atoms with Gasteiger partial charge in [0, 0.05) is 11.1 Å². The second-order valence-electron chi connectivity index (χ2n) is 3.51. The Kier molecular flexibility index (Phi) is 3.61. The van der Waals surface area contributed by atoms with Crippen molar-refractivity contribution in [1.82, 2.24) is 4.98 Å². The number of pyridine rings is 1. The number of hydrogen-bond acceptors (Lipinski definition) is 5. The van der Waals surface area contributed by atoms with Gasteiger partial charge in [-0.25, -0.2) is 0 Å². The molecule has 0 atom stereocenters. The van der Waals surface area contributed by atoms with E-state index in [1.165, 1.54) is 18.9 Å². The summed E-state index contributed by atoms with van der Waals surface area (Å²) < 4.78 is 2.76. The van der Waals surface area contributed by atoms with Crippen LogP contribution in [0, 0.1) is 6.92 Å². The average Bonchev–Trinajstić information content (AvgIpc) is 3.00. The topological polar surface area (TPSA) is 12.9 Å². The Balaban J connectivity index is 1.79. The maximum absolute atomic E-state index is 4.47. The lowest BCUT2D eigenvalue weighted by atomic mass is 10.3. The van der Waals surface area contributed by atoms with Gasteiger partial charge >= 0.3 is 0 Å². The molecule has 2 aliphatic rings. The fourth-order valence-corrected chi connectivity index (χ4v) is 5.81. The molecule has 0 fully saturated rings. The van der Waals surface area contributed by atoms with Gasteiger partial charge in [0.15, 0.2) is 0 Å². The fourth-order valence-electron chi connectivity index (χ4n) is 1.37. The Morgan fingerprint density at radius 2 is 1.82 bits per heavy atom. The molecule has 1 aromatic rings. The summed E-state index contributed by atoms with van der Waals surface area (Å²) >= 11 is 7.24. The SMILES string of the molecule is Cc1ccc(C2=CSC(=C3SC=CS3)S2)nc1. The Hall–Kier alpha value is -0.230. The van der Waals surface area contributed by atoms with Crippen molar-refractivity contribution in [3.05, 3.63) is 54.3 Å². The van der Waals surface area contributed by atoms with Crippen LogP contribution in [0.25, 0.3) is 4.91 Å². The summed E-state index contributed by atoms with van der Waals surface area (Å²) in [6, 6.07) is 4.20. The number of aryl methyl sites for hydroxylation is 1. The molecule has 0 saturated carbocycles. The van der Waals surface area contributed by atoms with Gasteiger partial charge in [0.1, 0.15) is 0 Å². The zero-order valence-electron chi connectivity index (χ0n) is 9.04. The third kappa shape index (κ3) is 2.62. The van der Waals surface area contributed by atoms with E-state index in [-0.39, 0.29) is 0 Å². The van der Waals surface area contributed by atoms with Crippen LogP contribution in [0.2, 0.25) is 0 Å². The third-order valence-electron chi connectivity index (χ3n) is 2.21. The van der Waals surface area contributed by atoms with Gasteiger partial charge in [-0.1, -0.05) is 53.1 Å². The van der Waals surface area contributed by atoms with E-state index in [1.807, 2.05) is 18.0 Å². The Labute approximate surface area is 118 Å². The lowest BCUT2D eigenvalue weighted by molar-refractivity contribution is 1.24. The summed E-state index contributed by atoms with van der Waals surface area (Å²) in [6.45, 7) is 2.06. The first-order valence-corrected chi connectivity index (χ1v) is 8.49. The Morgan fingerprint density at radius 3 is 2.53 bits per heavy atom. The first-order valence-electron chi connectivity index (χ1n) is 5.03. The zero-order valence-corrected chi connectivity index (χ0v) is 12.3. The third-order valence-corrected chi connectivity index (χ3v) is 7.26. The van der Waals surface area contributed by atoms with E-state index in [4.69, 9.17) is 0 Å². The molecule has 0 radical (unpaired) electrons. The molecule has 3 rings (SSSR count). The molecule has 0 saturated heterocycles. The van der Waals surface area contributed by atoms with Crippen molar-refractivity contribution in [2.24, 2.45) is 0 Å². The molecule has 0 bridgehead atoms. The maximum atomic E-state index is 4.47. The standard InChI is InChI=1S/C12H9NS4/c1-8-2-3-9(13-6-8)10-7-16-12(17-10)11-14-4-5-15-11/h2-7H,1H3. The summed E-state index contributed by atoms with van der Waals surface area (Å²) in [7, 11) is 0. The molecule has 3 heterocycles. The fraction of sp³-hybridized carbons (Fsp3) is 0.0833. The smallest absolute Gasteiger partial charge is 0.0774 e. The summed E-state index contributed by atoms with van der Waals surface area (Å²) in [5.41, 5.74) is 2.28. The van der Waals surface area contributed by atoms with E-state index >= 15 is 0 Å². The van der Waals surface area contributed by atoms with Crippen LogP contribution in [-0.2, 0) is 0 Å². The van der Waals surface area contributed by atoms with Crippen LogP contribution in [0.5, 0.6) is 0 Å². The van der Waals surface area contributed by atoms with Gasteiger partial charge in [-0.3, -0.25) is 4.98 Å². The van der Waals surface area contributed by atoms with Crippen LogP contribution >= 0.6 is 47.0 Å². The molecule has 0 aliphatic carbocycles. The summed E-state index contributed by atoms with van der Waals surface area (Å²) in [6.07, 6.45) is 1.92. The van der Waals surface area contributed by atoms with E-state index in [1.54, 1.807) is 35.3 Å². The van der Waals surface area contributed by atoms with Crippen LogP contribution in [0.3, 0.4) is 0 Å². The predicted molar refractivity (Wildman–Crippen MR) is 83.5 cm³/mol. The molecule has 0 amide bonds. The summed E-state index contributed by atoms with van der Waals surface area (Å²) in [4.78, 5) is 5.72. The molecule has 5 heteroatoms. The first kappa shape index (κ1) is 11.8. The van der Waals surface area contributed by atoms with E-state index in [0.717, 1.165) is 5.69 Å². The van der Waals surface area contributed by atoms with E-state index < -0.39 is 0 Å². The molecule has 0 spiro atoms. The Bertz CT molecular complexity index is 518. The van der Waals surface area contributed by atoms with Crippen LogP contribution < -0.4 is 0 Å². The minimum Gasteiger partial charge on any atom is -0.255 e. The van der Waals surface area contributed by atoms with Gasteiger partial charge in [-0.15, -0.1) is 0 Å². The second-order valence-corrected chi connectivity index (χ2v) is 7.79. The van der Waals surface area contributed by atoms with Crippen molar-refractivity contribution in [2.45, 2.75) is 6.92 Å². The van der Waals surface area contributed by atoms with Crippen molar-refractivity contribution in [1.29, 1.82) is 0 Å². The number of aromatic nitrogens is 1. The van der Waals surface area contributed by atoms with Crippen molar-refractivity contribution >= 4 is 52.0 Å². The minimum atomic E-state index is 1.07. The Morgan fingerprint density at radius 1 is 1.00 bits per heavy atom. The molecule has 17 heavy (non-hydrogen) atoms. The number of rotatable bonds is 1. The molecule has 1 aromatic heterocycles. The van der Waals surface area contributed by atoms with Gasteiger partial charge in [-0.2, -0.15) is 0 Å². The molecule has 0 N–H and O–H groups in total. The van der Waals surface area contributed by atoms with Gasteiger partial charge in [0.25, 0.3) is 0 Å². The zero-order chi connectivity index (χ0) is 11.7. The van der Waals surface area contributed by atoms with Gasteiger partial charge in [0.2, 0.25) is 0 Å². The summed E-state index contributed by atoms with van der Waals surface area (Å²) in [5, 5.41) is 6.47.